The third-order valence-corrected chi connectivity index (χ3v) is 11.2. The molecule has 0 saturated carbocycles. The summed E-state index contributed by atoms with van der Waals surface area (Å²) in [5.74, 6) is 0.981. The summed E-state index contributed by atoms with van der Waals surface area (Å²) in [4.78, 5) is 4.71. The molecule has 1 aliphatic rings. The summed E-state index contributed by atoms with van der Waals surface area (Å²) in [6.07, 6.45) is 0. The third kappa shape index (κ3) is 5.77. The molecular weight excluding hydrogens is 681 g/mol. The Balaban J connectivity index is 1.04. The van der Waals surface area contributed by atoms with Crippen LogP contribution < -0.4 is 9.80 Å². The number of para-hydroxylation sites is 2. The minimum Gasteiger partial charge on any atom is -0.458 e. The van der Waals surface area contributed by atoms with Gasteiger partial charge in [-0.25, -0.2) is 0 Å². The van der Waals surface area contributed by atoms with Gasteiger partial charge in [-0.2, -0.15) is 0 Å². The molecule has 0 spiro atoms. The Bertz CT molecular complexity index is 2700. The average Bonchev–Trinajstić information content (AvgIpc) is 3.66. The molecule has 3 nitrogen and oxygen atoms in total. The Morgan fingerprint density at radius 1 is 0.429 bits per heavy atom. The smallest absolute Gasteiger partial charge is 0.139 e. The van der Waals surface area contributed by atoms with E-state index in [-0.39, 0.29) is 5.41 Å². The highest BCUT2D eigenvalue weighted by Gasteiger charge is 2.41. The summed E-state index contributed by atoms with van der Waals surface area (Å²) in [6, 6.07) is 73.7. The summed E-state index contributed by atoms with van der Waals surface area (Å²) < 4.78 is 6.70. The molecule has 0 aliphatic carbocycles. The predicted octanol–water partition coefficient (Wildman–Crippen LogP) is 15.0. The van der Waals surface area contributed by atoms with E-state index >= 15 is 0 Å². The minimum absolute atomic E-state index is 0.362. The first-order valence-electron chi connectivity index (χ1n) is 19.3. The van der Waals surface area contributed by atoms with E-state index in [9.17, 15) is 0 Å². The molecule has 8 aromatic carbocycles. The van der Waals surface area contributed by atoms with Crippen molar-refractivity contribution in [3.63, 3.8) is 0 Å². The van der Waals surface area contributed by atoms with E-state index in [4.69, 9.17) is 4.42 Å². The molecule has 0 saturated heterocycles. The second-order valence-electron chi connectivity index (χ2n) is 15.0. The average molecular weight is 721 g/mol. The predicted molar refractivity (Wildman–Crippen MR) is 234 cm³/mol. The van der Waals surface area contributed by atoms with Gasteiger partial charge < -0.3 is 14.2 Å². The van der Waals surface area contributed by atoms with Crippen molar-refractivity contribution in [1.29, 1.82) is 0 Å². The van der Waals surface area contributed by atoms with Gasteiger partial charge in [0.1, 0.15) is 11.3 Å². The highest BCUT2D eigenvalue weighted by Crippen LogP contribution is 2.56. The second-order valence-corrected chi connectivity index (χ2v) is 15.0. The van der Waals surface area contributed by atoms with Crippen LogP contribution in [0.15, 0.2) is 211 Å². The van der Waals surface area contributed by atoms with Gasteiger partial charge in [0, 0.05) is 28.1 Å². The maximum Gasteiger partial charge on any atom is 0.139 e. The third-order valence-electron chi connectivity index (χ3n) is 11.2. The van der Waals surface area contributed by atoms with Gasteiger partial charge in [-0.15, -0.1) is 0 Å². The standard InChI is InChI=1S/C53H40N2O/c1-53(2)48-36-42(28-35-49(48)55(43-18-10-5-11-19-43)51-47-20-12-13-21-50(47)56-52(51)53)41-26-33-46(34-27-41)54(44-29-22-39(23-30-44)37-14-6-3-7-15-37)45-31-24-40(25-32-45)38-16-8-4-9-17-38/h3-36H,1-2H3. The van der Waals surface area contributed by atoms with Crippen molar-refractivity contribution in [1.82, 2.24) is 0 Å². The number of rotatable bonds is 7. The molecule has 2 heterocycles. The first kappa shape index (κ1) is 33.5. The number of benzene rings is 8. The van der Waals surface area contributed by atoms with Crippen LogP contribution in [0.3, 0.4) is 0 Å². The molecule has 1 aromatic heterocycles. The van der Waals surface area contributed by atoms with E-state index in [0.717, 1.165) is 50.7 Å². The van der Waals surface area contributed by atoms with Crippen LogP contribution in [0.25, 0.3) is 44.3 Å². The summed E-state index contributed by atoms with van der Waals surface area (Å²) in [7, 11) is 0. The van der Waals surface area contributed by atoms with Gasteiger partial charge >= 0.3 is 0 Å². The second kappa shape index (κ2) is 13.6. The van der Waals surface area contributed by atoms with Gasteiger partial charge in [0.25, 0.3) is 0 Å². The first-order chi connectivity index (χ1) is 27.5. The van der Waals surface area contributed by atoms with Crippen molar-refractivity contribution in [3.8, 4) is 33.4 Å². The number of hydrogen-bond donors (Lipinski definition) is 0. The maximum atomic E-state index is 6.70. The number of nitrogens with zero attached hydrogens (tertiary/aromatic N) is 2. The van der Waals surface area contributed by atoms with Crippen LogP contribution in [0.5, 0.6) is 0 Å². The first-order valence-corrected chi connectivity index (χ1v) is 19.3. The van der Waals surface area contributed by atoms with E-state index in [1.807, 2.05) is 6.07 Å². The van der Waals surface area contributed by atoms with Crippen LogP contribution in [0.4, 0.5) is 34.1 Å². The number of fused-ring (bicyclic) bond motifs is 4. The molecule has 0 fully saturated rings. The Kier molecular flexibility index (Phi) is 8.15. The Morgan fingerprint density at radius 3 is 1.39 bits per heavy atom. The van der Waals surface area contributed by atoms with Gasteiger partial charge in [-0.1, -0.05) is 133 Å². The fourth-order valence-electron chi connectivity index (χ4n) is 8.29. The quantitative estimate of drug-likeness (QED) is 0.163. The van der Waals surface area contributed by atoms with Crippen LogP contribution in [0, 0.1) is 0 Å². The topological polar surface area (TPSA) is 19.6 Å². The van der Waals surface area contributed by atoms with E-state index in [2.05, 4.69) is 224 Å². The summed E-state index contributed by atoms with van der Waals surface area (Å²) in [5.41, 5.74) is 15.6. The zero-order chi connectivity index (χ0) is 37.6. The van der Waals surface area contributed by atoms with Gasteiger partial charge in [-0.3, -0.25) is 0 Å². The molecule has 9 aromatic rings. The maximum absolute atomic E-state index is 6.70. The van der Waals surface area contributed by atoms with Gasteiger partial charge in [0.2, 0.25) is 0 Å². The molecule has 56 heavy (non-hydrogen) atoms. The van der Waals surface area contributed by atoms with Crippen molar-refractivity contribution in [2.45, 2.75) is 19.3 Å². The van der Waals surface area contributed by atoms with E-state index in [1.165, 1.54) is 39.1 Å². The zero-order valence-corrected chi connectivity index (χ0v) is 31.4. The van der Waals surface area contributed by atoms with Crippen LogP contribution >= 0.6 is 0 Å². The highest BCUT2D eigenvalue weighted by atomic mass is 16.3. The van der Waals surface area contributed by atoms with E-state index in [0.29, 0.717) is 0 Å². The fraction of sp³-hybridized carbons (Fsp3) is 0.0566. The van der Waals surface area contributed by atoms with Crippen molar-refractivity contribution >= 4 is 45.1 Å². The number of hydrogen-bond acceptors (Lipinski definition) is 3. The lowest BCUT2D eigenvalue weighted by Gasteiger charge is -2.39. The molecule has 0 atom stereocenters. The molecule has 1 aliphatic heterocycles. The molecule has 0 radical (unpaired) electrons. The fourth-order valence-corrected chi connectivity index (χ4v) is 8.29. The normalized spacial score (nSPS) is 12.9. The molecule has 0 N–H and O–H groups in total. The van der Waals surface area contributed by atoms with Crippen LogP contribution in [0.1, 0.15) is 25.2 Å². The summed E-state index contributed by atoms with van der Waals surface area (Å²) in [5, 5.41) is 1.12. The van der Waals surface area contributed by atoms with Gasteiger partial charge in [-0.05, 0) is 126 Å². The number of anilines is 6. The van der Waals surface area contributed by atoms with Crippen LogP contribution in [0.2, 0.25) is 0 Å². The Hall–Kier alpha value is -7.10. The van der Waals surface area contributed by atoms with Crippen molar-refractivity contribution in [2.75, 3.05) is 9.80 Å². The highest BCUT2D eigenvalue weighted by molar-refractivity contribution is 6.01. The molecule has 0 unspecified atom stereocenters. The lowest BCUT2D eigenvalue weighted by molar-refractivity contribution is 0.450. The van der Waals surface area contributed by atoms with Crippen molar-refractivity contribution < 1.29 is 4.42 Å². The molecule has 3 heteroatoms. The molecule has 0 amide bonds. The largest absolute Gasteiger partial charge is 0.458 e. The molecular formula is C53H40N2O. The lowest BCUT2D eigenvalue weighted by Crippen LogP contribution is -2.29. The monoisotopic (exact) mass is 720 g/mol. The SMILES string of the molecule is CC1(C)c2cc(-c3ccc(N(c4ccc(-c5ccccc5)cc4)c4ccc(-c5ccccc5)cc4)cc3)ccc2N(c2ccccc2)c2c1oc1ccccc21. The molecule has 0 bridgehead atoms. The lowest BCUT2D eigenvalue weighted by atomic mass is 9.76. The summed E-state index contributed by atoms with van der Waals surface area (Å²) >= 11 is 0. The number of furan rings is 1. The van der Waals surface area contributed by atoms with Crippen LogP contribution in [-0.4, -0.2) is 0 Å². The molecule has 268 valence electrons. The van der Waals surface area contributed by atoms with Crippen molar-refractivity contribution in [2.24, 2.45) is 0 Å². The Labute approximate surface area is 328 Å². The van der Waals surface area contributed by atoms with Gasteiger partial charge in [0.15, 0.2) is 0 Å². The van der Waals surface area contributed by atoms with E-state index in [1.54, 1.807) is 0 Å². The van der Waals surface area contributed by atoms with Crippen molar-refractivity contribution in [3.05, 3.63) is 218 Å². The Morgan fingerprint density at radius 2 is 0.857 bits per heavy atom. The van der Waals surface area contributed by atoms with Gasteiger partial charge in [0.05, 0.1) is 16.8 Å². The summed E-state index contributed by atoms with van der Waals surface area (Å²) in [6.45, 7) is 4.57. The van der Waals surface area contributed by atoms with Crippen LogP contribution in [-0.2, 0) is 5.41 Å². The minimum atomic E-state index is -0.362. The molecule has 10 rings (SSSR count). The van der Waals surface area contributed by atoms with E-state index < -0.39 is 0 Å². The zero-order valence-electron chi connectivity index (χ0n) is 31.4.